The van der Waals surface area contributed by atoms with Gasteiger partial charge in [0, 0.05) is 19.2 Å². The van der Waals surface area contributed by atoms with Gasteiger partial charge in [-0.05, 0) is 25.7 Å². The van der Waals surface area contributed by atoms with Crippen molar-refractivity contribution in [3.8, 4) is 0 Å². The van der Waals surface area contributed by atoms with Crippen LogP contribution in [0.3, 0.4) is 0 Å². The van der Waals surface area contributed by atoms with Crippen LogP contribution in [-0.4, -0.2) is 49.2 Å². The normalized spacial score (nSPS) is 23.6. The van der Waals surface area contributed by atoms with Crippen LogP contribution in [0.2, 0.25) is 0 Å². The second-order valence-electron chi connectivity index (χ2n) is 6.00. The molecule has 120 valence electrons. The summed E-state index contributed by atoms with van der Waals surface area (Å²) in [4.78, 5) is 26.0. The average Bonchev–Trinajstić information content (AvgIpc) is 2.91. The van der Waals surface area contributed by atoms with Crippen molar-refractivity contribution in [1.82, 2.24) is 4.90 Å². The Hall–Kier alpha value is -1.10. The third-order valence-electron chi connectivity index (χ3n) is 4.54. The van der Waals surface area contributed by atoms with Gasteiger partial charge in [0.25, 0.3) is 5.91 Å². The maximum absolute atomic E-state index is 12.7. The van der Waals surface area contributed by atoms with Crippen LogP contribution in [0.25, 0.3) is 0 Å². The van der Waals surface area contributed by atoms with E-state index in [9.17, 15) is 9.59 Å². The zero-order valence-electron chi connectivity index (χ0n) is 13.0. The first kappa shape index (κ1) is 16.3. The van der Waals surface area contributed by atoms with Crippen LogP contribution in [0.4, 0.5) is 0 Å². The van der Waals surface area contributed by atoms with Gasteiger partial charge in [-0.15, -0.1) is 0 Å². The van der Waals surface area contributed by atoms with Crippen LogP contribution in [0.5, 0.6) is 0 Å². The number of methoxy groups -OCH3 is 1. The topological polar surface area (TPSA) is 55.8 Å². The van der Waals surface area contributed by atoms with Crippen LogP contribution >= 0.6 is 0 Å². The smallest absolute Gasteiger partial charge is 0.307 e. The van der Waals surface area contributed by atoms with Gasteiger partial charge in [-0.2, -0.15) is 0 Å². The number of rotatable bonds is 5. The number of ether oxygens (including phenoxy) is 2. The van der Waals surface area contributed by atoms with Gasteiger partial charge in [0.15, 0.2) is 0 Å². The molecule has 0 aromatic rings. The Bertz CT molecular complexity index is 344. The predicted molar refractivity (Wildman–Crippen MR) is 78.8 cm³/mol. The molecule has 1 saturated carbocycles. The molecule has 0 aromatic heterocycles. The van der Waals surface area contributed by atoms with E-state index in [4.69, 9.17) is 9.47 Å². The first-order valence-electron chi connectivity index (χ1n) is 8.21. The Labute approximate surface area is 127 Å². The van der Waals surface area contributed by atoms with Gasteiger partial charge in [-0.3, -0.25) is 9.59 Å². The van der Waals surface area contributed by atoms with Gasteiger partial charge in [-0.1, -0.05) is 25.7 Å². The molecule has 0 bridgehead atoms. The van der Waals surface area contributed by atoms with Crippen molar-refractivity contribution in [2.75, 3.05) is 20.3 Å². The lowest BCUT2D eigenvalue weighted by Gasteiger charge is -2.32. The number of hydrogen-bond acceptors (Lipinski definition) is 4. The molecule has 0 aromatic carbocycles. The predicted octanol–water partition coefficient (Wildman–Crippen LogP) is 2.28. The summed E-state index contributed by atoms with van der Waals surface area (Å²) in [6.07, 6.45) is 8.63. The molecule has 2 rings (SSSR count). The first-order valence-corrected chi connectivity index (χ1v) is 8.21. The fourth-order valence-corrected chi connectivity index (χ4v) is 3.31. The third kappa shape index (κ3) is 4.70. The van der Waals surface area contributed by atoms with Gasteiger partial charge in [-0.25, -0.2) is 0 Å². The maximum Gasteiger partial charge on any atom is 0.307 e. The molecule has 0 radical (unpaired) electrons. The van der Waals surface area contributed by atoms with Crippen LogP contribution in [0.1, 0.15) is 57.8 Å². The summed E-state index contributed by atoms with van der Waals surface area (Å²) in [5, 5.41) is 0. The highest BCUT2D eigenvalue weighted by Gasteiger charge is 2.32. The second kappa shape index (κ2) is 8.37. The largest absolute Gasteiger partial charge is 0.469 e. The van der Waals surface area contributed by atoms with Crippen molar-refractivity contribution in [2.45, 2.75) is 69.9 Å². The molecule has 1 aliphatic heterocycles. The highest BCUT2D eigenvalue weighted by Crippen LogP contribution is 2.25. The van der Waals surface area contributed by atoms with Gasteiger partial charge in [0.05, 0.1) is 13.5 Å². The zero-order chi connectivity index (χ0) is 15.1. The summed E-state index contributed by atoms with van der Waals surface area (Å²) in [5.41, 5.74) is 0. The Morgan fingerprint density at radius 1 is 1.10 bits per heavy atom. The summed E-state index contributed by atoms with van der Waals surface area (Å²) in [6, 6.07) is 0.258. The maximum atomic E-state index is 12.7. The molecule has 0 N–H and O–H groups in total. The van der Waals surface area contributed by atoms with Gasteiger partial charge in [0.2, 0.25) is 0 Å². The van der Waals surface area contributed by atoms with Gasteiger partial charge in [0.1, 0.15) is 6.10 Å². The van der Waals surface area contributed by atoms with E-state index in [0.717, 1.165) is 38.5 Å². The van der Waals surface area contributed by atoms with Crippen molar-refractivity contribution in [3.63, 3.8) is 0 Å². The molecule has 1 atom stereocenters. The average molecular weight is 297 g/mol. The highest BCUT2D eigenvalue weighted by atomic mass is 16.5. The summed E-state index contributed by atoms with van der Waals surface area (Å²) in [5.74, 6) is -0.183. The molecule has 2 aliphatic rings. The molecule has 1 amide bonds. The SMILES string of the molecule is COC(=O)CCN(C(=O)C1CCCO1)C1CCCCCC1. The molecular formula is C16H27NO4. The minimum atomic E-state index is -0.300. The molecule has 2 fully saturated rings. The molecule has 21 heavy (non-hydrogen) atoms. The quantitative estimate of drug-likeness (QED) is 0.577. The Kier molecular flexibility index (Phi) is 6.49. The Morgan fingerprint density at radius 3 is 2.38 bits per heavy atom. The summed E-state index contributed by atoms with van der Waals surface area (Å²) < 4.78 is 10.3. The van der Waals surface area contributed by atoms with E-state index in [1.807, 2.05) is 4.90 Å². The number of hydrogen-bond donors (Lipinski definition) is 0. The van der Waals surface area contributed by atoms with E-state index < -0.39 is 0 Å². The molecule has 1 saturated heterocycles. The number of carbonyl (C=O) groups excluding carboxylic acids is 2. The van der Waals surface area contributed by atoms with Gasteiger partial charge < -0.3 is 14.4 Å². The fraction of sp³-hybridized carbons (Fsp3) is 0.875. The standard InChI is InChI=1S/C16H27NO4/c1-20-15(18)10-11-17(13-7-4-2-3-5-8-13)16(19)14-9-6-12-21-14/h13-14H,2-12H2,1H3. The van der Waals surface area contributed by atoms with Crippen LogP contribution in [-0.2, 0) is 19.1 Å². The molecule has 1 aliphatic carbocycles. The third-order valence-corrected chi connectivity index (χ3v) is 4.54. The summed E-state index contributed by atoms with van der Waals surface area (Å²) >= 11 is 0. The zero-order valence-corrected chi connectivity index (χ0v) is 13.0. The molecular weight excluding hydrogens is 270 g/mol. The second-order valence-corrected chi connectivity index (χ2v) is 6.00. The Morgan fingerprint density at radius 2 is 1.81 bits per heavy atom. The summed E-state index contributed by atoms with van der Waals surface area (Å²) in [6.45, 7) is 1.13. The lowest BCUT2D eigenvalue weighted by Crippen LogP contribution is -2.46. The monoisotopic (exact) mass is 297 g/mol. The van der Waals surface area contributed by atoms with E-state index in [1.165, 1.54) is 20.0 Å². The van der Waals surface area contributed by atoms with Crippen molar-refractivity contribution >= 4 is 11.9 Å². The Balaban J connectivity index is 2.00. The van der Waals surface area contributed by atoms with Gasteiger partial charge >= 0.3 is 5.97 Å². The minimum absolute atomic E-state index is 0.0725. The van der Waals surface area contributed by atoms with E-state index in [2.05, 4.69) is 0 Å². The molecule has 1 unspecified atom stereocenters. The molecule has 5 nitrogen and oxygen atoms in total. The van der Waals surface area contributed by atoms with Crippen molar-refractivity contribution in [2.24, 2.45) is 0 Å². The number of nitrogens with zero attached hydrogens (tertiary/aromatic N) is 1. The van der Waals surface area contributed by atoms with E-state index in [1.54, 1.807) is 0 Å². The van der Waals surface area contributed by atoms with E-state index in [-0.39, 0.29) is 30.4 Å². The lowest BCUT2D eigenvalue weighted by atomic mass is 10.0. The number of esters is 1. The lowest BCUT2D eigenvalue weighted by molar-refractivity contribution is -0.146. The van der Waals surface area contributed by atoms with Crippen molar-refractivity contribution in [3.05, 3.63) is 0 Å². The molecule has 0 spiro atoms. The minimum Gasteiger partial charge on any atom is -0.469 e. The highest BCUT2D eigenvalue weighted by molar-refractivity contribution is 5.82. The number of amides is 1. The van der Waals surface area contributed by atoms with Crippen LogP contribution < -0.4 is 0 Å². The first-order chi connectivity index (χ1) is 10.2. The summed E-state index contributed by atoms with van der Waals surface area (Å²) in [7, 11) is 1.39. The fourth-order valence-electron chi connectivity index (χ4n) is 3.31. The van der Waals surface area contributed by atoms with E-state index >= 15 is 0 Å². The van der Waals surface area contributed by atoms with Crippen LogP contribution in [0, 0.1) is 0 Å². The van der Waals surface area contributed by atoms with Crippen LogP contribution in [0.15, 0.2) is 0 Å². The van der Waals surface area contributed by atoms with Crippen molar-refractivity contribution < 1.29 is 19.1 Å². The molecule has 1 heterocycles. The van der Waals surface area contributed by atoms with E-state index in [0.29, 0.717) is 13.2 Å². The van der Waals surface area contributed by atoms with Crippen molar-refractivity contribution in [1.29, 1.82) is 0 Å². The molecule has 5 heteroatoms. The number of carbonyl (C=O) groups is 2.